The van der Waals surface area contributed by atoms with Gasteiger partial charge in [-0.2, -0.15) is 0 Å². The Morgan fingerprint density at radius 2 is 1.85 bits per heavy atom. The van der Waals surface area contributed by atoms with Crippen molar-refractivity contribution in [3.63, 3.8) is 0 Å². The summed E-state index contributed by atoms with van der Waals surface area (Å²) in [5.74, 6) is 3.02. The third-order valence-electron chi connectivity index (χ3n) is 9.09. The second kappa shape index (κ2) is 6.07. The van der Waals surface area contributed by atoms with Gasteiger partial charge in [-0.15, -0.1) is 11.3 Å². The van der Waals surface area contributed by atoms with Crippen molar-refractivity contribution in [3.05, 3.63) is 39.6 Å². The van der Waals surface area contributed by atoms with Gasteiger partial charge in [0.05, 0.1) is 6.10 Å². The fourth-order valence-electron chi connectivity index (χ4n) is 7.84. The molecule has 4 aliphatic rings. The van der Waals surface area contributed by atoms with Crippen LogP contribution < -0.4 is 0 Å². The Morgan fingerprint density at radius 1 is 1.07 bits per heavy atom. The molecule has 2 heteroatoms. The summed E-state index contributed by atoms with van der Waals surface area (Å²) in [6, 6.07) is 4.56. The Kier molecular flexibility index (Phi) is 4.09. The van der Waals surface area contributed by atoms with Gasteiger partial charge in [0.15, 0.2) is 0 Å². The molecule has 146 valence electrons. The molecule has 4 aliphatic carbocycles. The highest BCUT2D eigenvalue weighted by molar-refractivity contribution is 7.11. The zero-order valence-electron chi connectivity index (χ0n) is 17.3. The Balaban J connectivity index is 1.55. The zero-order valence-corrected chi connectivity index (χ0v) is 18.1. The first-order valence-electron chi connectivity index (χ1n) is 11.0. The molecule has 0 aromatic carbocycles. The fraction of sp³-hybridized carbons (Fsp3) is 0.680. The van der Waals surface area contributed by atoms with E-state index in [-0.39, 0.29) is 6.10 Å². The van der Waals surface area contributed by atoms with Crippen LogP contribution in [0.25, 0.3) is 5.57 Å². The SMILES string of the molecule is CC1=C(c2cccs2)[C@@]2(C)CC[C@H]3[C@@H]([C@@H](C)C=C4C[C@@H](O)CC[C@@]43C)[C@@H]2C1. The quantitative estimate of drug-likeness (QED) is 0.536. The first kappa shape index (κ1) is 18.2. The first-order chi connectivity index (χ1) is 12.8. The van der Waals surface area contributed by atoms with E-state index >= 15 is 0 Å². The molecular weight excluding hydrogens is 348 g/mol. The van der Waals surface area contributed by atoms with Gasteiger partial charge in [0.2, 0.25) is 0 Å². The summed E-state index contributed by atoms with van der Waals surface area (Å²) in [5, 5.41) is 12.5. The minimum Gasteiger partial charge on any atom is -0.393 e. The number of allylic oxidation sites excluding steroid dienone is 3. The molecule has 0 amide bonds. The smallest absolute Gasteiger partial charge is 0.0577 e. The summed E-state index contributed by atoms with van der Waals surface area (Å²) >= 11 is 1.93. The summed E-state index contributed by atoms with van der Waals surface area (Å²) < 4.78 is 0. The number of hydrogen-bond donors (Lipinski definition) is 1. The lowest BCUT2D eigenvalue weighted by atomic mass is 9.45. The lowest BCUT2D eigenvalue weighted by molar-refractivity contribution is -0.0428. The highest BCUT2D eigenvalue weighted by Crippen LogP contribution is 2.68. The molecule has 0 unspecified atom stereocenters. The molecular formula is C25H34OS. The van der Waals surface area contributed by atoms with E-state index in [1.165, 1.54) is 30.6 Å². The van der Waals surface area contributed by atoms with Crippen molar-refractivity contribution in [2.45, 2.75) is 72.3 Å². The van der Waals surface area contributed by atoms with Crippen molar-refractivity contribution in [3.8, 4) is 0 Å². The van der Waals surface area contributed by atoms with E-state index in [9.17, 15) is 5.11 Å². The van der Waals surface area contributed by atoms with Crippen molar-refractivity contribution in [1.29, 1.82) is 0 Å². The highest BCUT2D eigenvalue weighted by atomic mass is 32.1. The summed E-state index contributed by atoms with van der Waals surface area (Å²) in [5.41, 5.74) is 5.60. The Hall–Kier alpha value is -0.860. The largest absolute Gasteiger partial charge is 0.393 e. The van der Waals surface area contributed by atoms with Gasteiger partial charge in [-0.1, -0.05) is 44.1 Å². The standard InChI is InChI=1S/C25H34OS/c1-15-12-17-14-18(26)7-9-24(17,3)19-8-10-25(4)20(22(15)19)13-16(2)23(25)21-6-5-11-27-21/h5-6,11-12,15,18-20,22,26H,7-10,13-14H2,1-4H3/t15-,18-,19-,20-,22+,24-,25-/m0/s1. The van der Waals surface area contributed by atoms with Gasteiger partial charge in [0, 0.05) is 4.88 Å². The molecule has 0 bridgehead atoms. The van der Waals surface area contributed by atoms with Gasteiger partial charge >= 0.3 is 0 Å². The van der Waals surface area contributed by atoms with E-state index in [1.807, 2.05) is 11.3 Å². The van der Waals surface area contributed by atoms with E-state index in [1.54, 1.807) is 16.7 Å². The molecule has 1 aromatic rings. The maximum atomic E-state index is 10.3. The third-order valence-corrected chi connectivity index (χ3v) is 9.98. The van der Waals surface area contributed by atoms with Crippen LogP contribution in [0.5, 0.6) is 0 Å². The molecule has 2 saturated carbocycles. The van der Waals surface area contributed by atoms with Crippen LogP contribution in [-0.2, 0) is 0 Å². The molecule has 1 N–H and O–H groups in total. The molecule has 1 heterocycles. The zero-order chi connectivity index (χ0) is 19.0. The minimum absolute atomic E-state index is 0.109. The van der Waals surface area contributed by atoms with Crippen LogP contribution in [0.4, 0.5) is 0 Å². The summed E-state index contributed by atoms with van der Waals surface area (Å²) in [4.78, 5) is 1.52. The van der Waals surface area contributed by atoms with Gasteiger partial charge in [-0.3, -0.25) is 0 Å². The van der Waals surface area contributed by atoms with Crippen molar-refractivity contribution >= 4 is 16.9 Å². The van der Waals surface area contributed by atoms with Crippen LogP contribution >= 0.6 is 11.3 Å². The Morgan fingerprint density at radius 3 is 2.59 bits per heavy atom. The van der Waals surface area contributed by atoms with E-state index in [0.29, 0.717) is 16.7 Å². The minimum atomic E-state index is -0.109. The van der Waals surface area contributed by atoms with Crippen LogP contribution in [0.2, 0.25) is 0 Å². The van der Waals surface area contributed by atoms with Gasteiger partial charge in [-0.25, -0.2) is 0 Å². The molecule has 0 saturated heterocycles. The van der Waals surface area contributed by atoms with E-state index in [2.05, 4.69) is 51.3 Å². The average Bonchev–Trinajstić information content (AvgIpc) is 3.21. The Labute approximate surface area is 168 Å². The molecule has 0 aliphatic heterocycles. The Bertz CT molecular complexity index is 802. The van der Waals surface area contributed by atoms with Gasteiger partial charge in [0.25, 0.3) is 0 Å². The highest BCUT2D eigenvalue weighted by Gasteiger charge is 2.59. The van der Waals surface area contributed by atoms with E-state index < -0.39 is 0 Å². The average molecular weight is 383 g/mol. The molecule has 0 spiro atoms. The number of hydrogen-bond acceptors (Lipinski definition) is 2. The third kappa shape index (κ3) is 2.45. The summed E-state index contributed by atoms with van der Waals surface area (Å²) in [7, 11) is 0. The maximum absolute atomic E-state index is 10.3. The van der Waals surface area contributed by atoms with Gasteiger partial charge in [-0.05, 0) is 97.0 Å². The topological polar surface area (TPSA) is 20.2 Å². The predicted octanol–water partition coefficient (Wildman–Crippen LogP) is 6.70. The van der Waals surface area contributed by atoms with Crippen molar-refractivity contribution in [2.75, 3.05) is 0 Å². The fourth-order valence-corrected chi connectivity index (χ4v) is 8.83. The second-order valence-electron chi connectivity index (χ2n) is 10.4. The first-order valence-corrected chi connectivity index (χ1v) is 11.9. The molecule has 0 radical (unpaired) electrons. The van der Waals surface area contributed by atoms with Crippen LogP contribution in [-0.4, -0.2) is 11.2 Å². The number of aliphatic hydroxyl groups excluding tert-OH is 1. The van der Waals surface area contributed by atoms with Gasteiger partial charge in [0.1, 0.15) is 0 Å². The van der Waals surface area contributed by atoms with E-state index in [0.717, 1.165) is 30.6 Å². The number of fused-ring (bicyclic) bond motifs is 5. The summed E-state index contributed by atoms with van der Waals surface area (Å²) in [6.07, 6.45) is 9.55. The van der Waals surface area contributed by atoms with Crippen molar-refractivity contribution in [1.82, 2.24) is 0 Å². The molecule has 1 aromatic heterocycles. The normalized spacial score (nSPS) is 46.6. The van der Waals surface area contributed by atoms with E-state index in [4.69, 9.17) is 0 Å². The van der Waals surface area contributed by atoms with Crippen LogP contribution in [0.1, 0.15) is 71.1 Å². The maximum Gasteiger partial charge on any atom is 0.0577 e. The molecule has 2 fully saturated rings. The predicted molar refractivity (Wildman–Crippen MR) is 115 cm³/mol. The molecule has 1 nitrogen and oxygen atoms in total. The number of aliphatic hydroxyl groups is 1. The molecule has 7 atom stereocenters. The van der Waals surface area contributed by atoms with Crippen LogP contribution in [0.3, 0.4) is 0 Å². The van der Waals surface area contributed by atoms with Crippen molar-refractivity contribution in [2.24, 2.45) is 34.5 Å². The molecule has 5 rings (SSSR count). The lowest BCUT2D eigenvalue weighted by Crippen LogP contribution is -2.52. The van der Waals surface area contributed by atoms with Crippen molar-refractivity contribution < 1.29 is 5.11 Å². The van der Waals surface area contributed by atoms with Gasteiger partial charge < -0.3 is 5.11 Å². The number of thiophene rings is 1. The monoisotopic (exact) mass is 382 g/mol. The summed E-state index contributed by atoms with van der Waals surface area (Å²) in [6.45, 7) is 9.99. The number of rotatable bonds is 1. The van der Waals surface area contributed by atoms with Crippen LogP contribution in [0, 0.1) is 34.5 Å². The lowest BCUT2D eigenvalue weighted by Gasteiger charge is -2.59. The molecule has 27 heavy (non-hydrogen) atoms. The van der Waals surface area contributed by atoms with Crippen LogP contribution in [0.15, 0.2) is 34.7 Å². The second-order valence-corrected chi connectivity index (χ2v) is 11.4.